The van der Waals surface area contributed by atoms with Crippen LogP contribution in [0, 0.1) is 23.7 Å². The molecule has 1 aliphatic heterocycles. The number of hydrazone groups is 1. The topological polar surface area (TPSA) is 85.3 Å². The number of fused-ring (bicyclic) bond motifs is 5. The number of amides is 2. The van der Waals surface area contributed by atoms with E-state index in [0.29, 0.717) is 16.9 Å². The van der Waals surface area contributed by atoms with Crippen molar-refractivity contribution in [3.63, 3.8) is 0 Å². The van der Waals surface area contributed by atoms with Gasteiger partial charge in [0.05, 0.1) is 30.7 Å². The van der Waals surface area contributed by atoms with Gasteiger partial charge in [-0.1, -0.05) is 30.4 Å². The summed E-state index contributed by atoms with van der Waals surface area (Å²) >= 11 is 0. The highest BCUT2D eigenvalue weighted by molar-refractivity contribution is 6.06. The van der Waals surface area contributed by atoms with Crippen molar-refractivity contribution in [3.8, 4) is 11.5 Å². The standard InChI is InChI=1S/C24H20N2O5/c1-30-19-11-14(7-10-18(19)31-24(29)15-5-3-2-4-6-15)13-25-26-22(27)20-16-8-9-17(12-16)21(20)23(26)28/h2-11,13,16-17,20-21H,12H2,1H3. The maximum atomic E-state index is 12.7. The lowest BCUT2D eigenvalue weighted by molar-refractivity contribution is -0.140. The van der Waals surface area contributed by atoms with Gasteiger partial charge < -0.3 is 9.47 Å². The zero-order valence-electron chi connectivity index (χ0n) is 16.8. The van der Waals surface area contributed by atoms with Crippen LogP contribution >= 0.6 is 0 Å². The van der Waals surface area contributed by atoms with Crippen LogP contribution in [0.2, 0.25) is 0 Å². The molecule has 0 radical (unpaired) electrons. The van der Waals surface area contributed by atoms with Crippen molar-refractivity contribution in [3.05, 3.63) is 71.8 Å². The number of carbonyl (C=O) groups excluding carboxylic acids is 3. The lowest BCUT2D eigenvalue weighted by Gasteiger charge is -2.13. The Hall–Kier alpha value is -3.74. The lowest BCUT2D eigenvalue weighted by atomic mass is 9.85. The minimum atomic E-state index is -0.497. The second-order valence-electron chi connectivity index (χ2n) is 7.90. The number of imide groups is 1. The monoisotopic (exact) mass is 416 g/mol. The zero-order chi connectivity index (χ0) is 21.5. The second-order valence-corrected chi connectivity index (χ2v) is 7.90. The Kier molecular flexibility index (Phi) is 4.66. The number of hydrogen-bond acceptors (Lipinski definition) is 6. The van der Waals surface area contributed by atoms with Gasteiger partial charge >= 0.3 is 5.97 Å². The largest absolute Gasteiger partial charge is 0.493 e. The Balaban J connectivity index is 1.32. The van der Waals surface area contributed by atoms with Gasteiger partial charge in [-0.3, -0.25) is 9.59 Å². The Bertz CT molecular complexity index is 1090. The second kappa shape index (κ2) is 7.50. The number of allylic oxidation sites excluding steroid dienone is 2. The normalized spacial score (nSPS) is 26.0. The molecular weight excluding hydrogens is 396 g/mol. The number of ether oxygens (including phenoxy) is 2. The molecule has 5 rings (SSSR count). The average molecular weight is 416 g/mol. The number of hydrogen-bond donors (Lipinski definition) is 0. The number of esters is 1. The van der Waals surface area contributed by atoms with E-state index >= 15 is 0 Å². The third-order valence-electron chi connectivity index (χ3n) is 6.17. The fourth-order valence-electron chi connectivity index (χ4n) is 4.71. The van der Waals surface area contributed by atoms with Crippen LogP contribution in [0.15, 0.2) is 65.8 Å². The molecule has 2 aromatic rings. The summed E-state index contributed by atoms with van der Waals surface area (Å²) in [5.41, 5.74) is 1.03. The molecule has 2 amide bonds. The van der Waals surface area contributed by atoms with Gasteiger partial charge in [-0.05, 0) is 54.2 Å². The number of nitrogens with zero attached hydrogens (tertiary/aromatic N) is 2. The maximum Gasteiger partial charge on any atom is 0.343 e. The molecule has 7 heteroatoms. The van der Waals surface area contributed by atoms with E-state index < -0.39 is 5.97 Å². The van der Waals surface area contributed by atoms with Crippen molar-refractivity contribution < 1.29 is 23.9 Å². The summed E-state index contributed by atoms with van der Waals surface area (Å²) in [6.45, 7) is 0. The van der Waals surface area contributed by atoms with Gasteiger partial charge in [0, 0.05) is 0 Å². The summed E-state index contributed by atoms with van der Waals surface area (Å²) in [5.74, 6) is -0.640. The molecule has 2 fully saturated rings. The zero-order valence-corrected chi connectivity index (χ0v) is 16.8. The van der Waals surface area contributed by atoms with Gasteiger partial charge in [-0.25, -0.2) is 4.79 Å². The van der Waals surface area contributed by atoms with Crippen LogP contribution in [-0.2, 0) is 9.59 Å². The fourth-order valence-corrected chi connectivity index (χ4v) is 4.71. The van der Waals surface area contributed by atoms with Crippen molar-refractivity contribution >= 4 is 24.0 Å². The molecule has 156 valence electrons. The Labute approximate surface area is 178 Å². The highest BCUT2D eigenvalue weighted by Gasteiger charge is 2.59. The van der Waals surface area contributed by atoms with Crippen LogP contribution in [0.4, 0.5) is 0 Å². The van der Waals surface area contributed by atoms with E-state index in [9.17, 15) is 14.4 Å². The summed E-state index contributed by atoms with van der Waals surface area (Å²) in [6.07, 6.45) is 6.41. The minimum Gasteiger partial charge on any atom is -0.493 e. The molecule has 4 unspecified atom stereocenters. The summed E-state index contributed by atoms with van der Waals surface area (Å²) in [4.78, 5) is 37.7. The summed E-state index contributed by atoms with van der Waals surface area (Å²) in [6, 6.07) is 13.6. The molecule has 2 aliphatic carbocycles. The first kappa shape index (κ1) is 19.2. The molecule has 2 bridgehead atoms. The van der Waals surface area contributed by atoms with Crippen molar-refractivity contribution in [2.24, 2.45) is 28.8 Å². The van der Waals surface area contributed by atoms with Crippen LogP contribution < -0.4 is 9.47 Å². The lowest BCUT2D eigenvalue weighted by Crippen LogP contribution is -2.28. The molecule has 2 aromatic carbocycles. The highest BCUT2D eigenvalue weighted by Crippen LogP contribution is 2.52. The molecule has 0 aromatic heterocycles. The third-order valence-corrected chi connectivity index (χ3v) is 6.17. The number of benzene rings is 2. The van der Waals surface area contributed by atoms with E-state index in [1.54, 1.807) is 42.5 Å². The molecule has 7 nitrogen and oxygen atoms in total. The van der Waals surface area contributed by atoms with Gasteiger partial charge in [-0.15, -0.1) is 0 Å². The number of rotatable bonds is 5. The average Bonchev–Trinajstić information content (AvgIpc) is 3.48. The summed E-state index contributed by atoms with van der Waals surface area (Å²) in [7, 11) is 1.47. The molecule has 1 saturated carbocycles. The SMILES string of the molecule is COc1cc(C=NN2C(=O)C3C4C=CC(C4)C3C2=O)ccc1OC(=O)c1ccccc1. The van der Waals surface area contributed by atoms with Gasteiger partial charge in [-0.2, -0.15) is 10.1 Å². The number of methoxy groups -OCH3 is 1. The molecule has 0 N–H and O–H groups in total. The van der Waals surface area contributed by atoms with Crippen molar-refractivity contribution in [2.75, 3.05) is 7.11 Å². The quantitative estimate of drug-likeness (QED) is 0.246. The van der Waals surface area contributed by atoms with E-state index in [2.05, 4.69) is 5.10 Å². The van der Waals surface area contributed by atoms with Gasteiger partial charge in [0.2, 0.25) is 0 Å². The maximum absolute atomic E-state index is 12.7. The molecule has 0 spiro atoms. The summed E-state index contributed by atoms with van der Waals surface area (Å²) in [5, 5.41) is 5.16. The molecule has 3 aliphatic rings. The van der Waals surface area contributed by atoms with Crippen molar-refractivity contribution in [1.29, 1.82) is 0 Å². The predicted molar refractivity (Wildman–Crippen MR) is 112 cm³/mol. The van der Waals surface area contributed by atoms with Crippen molar-refractivity contribution in [1.82, 2.24) is 5.01 Å². The first-order valence-electron chi connectivity index (χ1n) is 10.1. The van der Waals surface area contributed by atoms with Gasteiger partial charge in [0.15, 0.2) is 11.5 Å². The van der Waals surface area contributed by atoms with E-state index in [1.807, 2.05) is 18.2 Å². The first-order chi connectivity index (χ1) is 15.1. The molecule has 1 saturated heterocycles. The van der Waals surface area contributed by atoms with Crippen LogP contribution in [-0.4, -0.2) is 36.1 Å². The van der Waals surface area contributed by atoms with Gasteiger partial charge in [0.25, 0.3) is 11.8 Å². The molecular formula is C24H20N2O5. The molecule has 1 heterocycles. The van der Waals surface area contributed by atoms with E-state index in [-0.39, 0.29) is 41.2 Å². The molecule has 31 heavy (non-hydrogen) atoms. The number of carbonyl (C=O) groups is 3. The van der Waals surface area contributed by atoms with Gasteiger partial charge in [0.1, 0.15) is 0 Å². The van der Waals surface area contributed by atoms with Crippen LogP contribution in [0.3, 0.4) is 0 Å². The Morgan fingerprint density at radius 2 is 1.68 bits per heavy atom. The van der Waals surface area contributed by atoms with Crippen molar-refractivity contribution in [2.45, 2.75) is 6.42 Å². The van der Waals surface area contributed by atoms with E-state index in [4.69, 9.17) is 9.47 Å². The van der Waals surface area contributed by atoms with Crippen LogP contribution in [0.1, 0.15) is 22.3 Å². The molecule has 4 atom stereocenters. The minimum absolute atomic E-state index is 0.144. The van der Waals surface area contributed by atoms with E-state index in [0.717, 1.165) is 11.4 Å². The predicted octanol–water partition coefficient (Wildman–Crippen LogP) is 3.06. The van der Waals surface area contributed by atoms with Crippen LogP contribution in [0.5, 0.6) is 11.5 Å². The first-order valence-corrected chi connectivity index (χ1v) is 10.1. The highest BCUT2D eigenvalue weighted by atomic mass is 16.6. The van der Waals surface area contributed by atoms with Crippen LogP contribution in [0.25, 0.3) is 0 Å². The Morgan fingerprint density at radius 3 is 2.32 bits per heavy atom. The fraction of sp³-hybridized carbons (Fsp3) is 0.250. The third kappa shape index (κ3) is 3.22. The Morgan fingerprint density at radius 1 is 1.00 bits per heavy atom. The smallest absolute Gasteiger partial charge is 0.343 e. The van der Waals surface area contributed by atoms with E-state index in [1.165, 1.54) is 13.3 Å². The summed E-state index contributed by atoms with van der Waals surface area (Å²) < 4.78 is 10.8.